The lowest BCUT2D eigenvalue weighted by molar-refractivity contribution is 0.282. The Kier molecular flexibility index (Phi) is 11.6. The number of aliphatic hydroxyl groups excluding tert-OH is 1. The molecule has 2 aromatic rings. The predicted molar refractivity (Wildman–Crippen MR) is 127 cm³/mol. The number of unbranched alkanes of at least 4 members (excludes halogenated alkanes) is 10. The van der Waals surface area contributed by atoms with Crippen molar-refractivity contribution >= 4 is 16.7 Å². The van der Waals surface area contributed by atoms with Crippen molar-refractivity contribution in [2.24, 2.45) is 0 Å². The van der Waals surface area contributed by atoms with Gasteiger partial charge in [0.15, 0.2) is 0 Å². The van der Waals surface area contributed by atoms with E-state index >= 15 is 0 Å². The smallest absolute Gasteiger partial charge is 0.360 e. The van der Waals surface area contributed by atoms with Crippen molar-refractivity contribution in [3.05, 3.63) is 40.2 Å². The maximum absolute atomic E-state index is 12.9. The summed E-state index contributed by atoms with van der Waals surface area (Å²) in [4.78, 5) is 15.1. The molecule has 0 amide bonds. The number of fused-ring (bicyclic) bond motifs is 1. The zero-order chi connectivity index (χ0) is 21.6. The van der Waals surface area contributed by atoms with Crippen LogP contribution >= 0.6 is 0 Å². The van der Waals surface area contributed by atoms with Crippen LogP contribution in [0, 0.1) is 0 Å². The van der Waals surface area contributed by atoms with Crippen LogP contribution in [0.5, 0.6) is 0 Å². The monoisotopic (exact) mass is 415 g/mol. The summed E-state index contributed by atoms with van der Waals surface area (Å²) in [6, 6.07) is 7.51. The van der Waals surface area contributed by atoms with Crippen molar-refractivity contribution in [3.63, 3.8) is 0 Å². The summed E-state index contributed by atoms with van der Waals surface area (Å²) >= 11 is 0. The van der Waals surface area contributed by atoms with Gasteiger partial charge in [0.1, 0.15) is 11.3 Å². The molecule has 1 aromatic carbocycles. The molecule has 2 rings (SSSR count). The molecule has 0 fully saturated rings. The second-order valence-corrected chi connectivity index (χ2v) is 8.39. The van der Waals surface area contributed by atoms with E-state index in [4.69, 9.17) is 4.42 Å². The van der Waals surface area contributed by atoms with E-state index < -0.39 is 0 Å². The number of hydrogen-bond acceptors (Lipinski definition) is 4. The van der Waals surface area contributed by atoms with Crippen LogP contribution in [-0.4, -0.2) is 18.2 Å². The van der Waals surface area contributed by atoms with Crippen LogP contribution in [0.3, 0.4) is 0 Å². The SMILES string of the molecule is CCCCCCCCN(CCCCCCCC)c1c(CO)c2ccccc2oc1=O. The van der Waals surface area contributed by atoms with E-state index in [9.17, 15) is 9.90 Å². The van der Waals surface area contributed by atoms with Crippen molar-refractivity contribution in [1.29, 1.82) is 0 Å². The van der Waals surface area contributed by atoms with E-state index in [1.165, 1.54) is 64.2 Å². The van der Waals surface area contributed by atoms with E-state index in [1.54, 1.807) is 6.07 Å². The first-order valence-corrected chi connectivity index (χ1v) is 12.1. The highest BCUT2D eigenvalue weighted by atomic mass is 16.4. The summed E-state index contributed by atoms with van der Waals surface area (Å²) in [6.45, 7) is 6.01. The molecule has 0 atom stereocenters. The Hall–Kier alpha value is -1.81. The Labute approximate surface area is 182 Å². The Bertz CT molecular complexity index is 767. The number of para-hydroxylation sites is 1. The molecule has 0 aliphatic heterocycles. The van der Waals surface area contributed by atoms with Gasteiger partial charge in [-0.25, -0.2) is 4.79 Å². The van der Waals surface area contributed by atoms with Gasteiger partial charge in [-0.05, 0) is 18.9 Å². The van der Waals surface area contributed by atoms with Crippen LogP contribution in [0.25, 0.3) is 11.0 Å². The molecule has 0 spiro atoms. The van der Waals surface area contributed by atoms with Crippen LogP contribution in [-0.2, 0) is 6.61 Å². The number of aliphatic hydroxyl groups is 1. The van der Waals surface area contributed by atoms with Crippen molar-refractivity contribution in [2.75, 3.05) is 18.0 Å². The molecule has 1 N–H and O–H groups in total. The lowest BCUT2D eigenvalue weighted by atomic mass is 10.1. The minimum Gasteiger partial charge on any atom is -0.421 e. The number of benzene rings is 1. The molecule has 0 bridgehead atoms. The normalized spacial score (nSPS) is 11.3. The zero-order valence-corrected chi connectivity index (χ0v) is 19.1. The van der Waals surface area contributed by atoms with Crippen molar-refractivity contribution < 1.29 is 9.52 Å². The Morgan fingerprint density at radius 2 is 1.33 bits per heavy atom. The molecule has 0 aliphatic rings. The first-order chi connectivity index (χ1) is 14.7. The summed E-state index contributed by atoms with van der Waals surface area (Å²) < 4.78 is 5.63. The number of nitrogens with zero attached hydrogens (tertiary/aromatic N) is 1. The van der Waals surface area contributed by atoms with E-state index in [2.05, 4.69) is 18.7 Å². The van der Waals surface area contributed by atoms with Gasteiger partial charge in [-0.15, -0.1) is 0 Å². The Balaban J connectivity index is 2.13. The molecule has 30 heavy (non-hydrogen) atoms. The van der Waals surface area contributed by atoms with Crippen molar-refractivity contribution in [2.45, 2.75) is 97.5 Å². The van der Waals surface area contributed by atoms with Gasteiger partial charge in [-0.2, -0.15) is 0 Å². The minimum atomic E-state index is -0.324. The first-order valence-electron chi connectivity index (χ1n) is 12.1. The van der Waals surface area contributed by atoms with Crippen LogP contribution < -0.4 is 10.5 Å². The van der Waals surface area contributed by atoms with Gasteiger partial charge in [0, 0.05) is 24.0 Å². The molecule has 1 heterocycles. The molecule has 168 valence electrons. The predicted octanol–water partition coefficient (Wildman–Crippen LogP) is 6.81. The van der Waals surface area contributed by atoms with Crippen molar-refractivity contribution in [3.8, 4) is 0 Å². The lowest BCUT2D eigenvalue weighted by Gasteiger charge is -2.26. The van der Waals surface area contributed by atoms with Gasteiger partial charge in [0.05, 0.1) is 6.61 Å². The fourth-order valence-corrected chi connectivity index (χ4v) is 4.19. The molecule has 0 unspecified atom stereocenters. The summed E-state index contributed by atoms with van der Waals surface area (Å²) in [6.07, 6.45) is 14.7. The third-order valence-corrected chi connectivity index (χ3v) is 5.93. The van der Waals surface area contributed by atoms with Gasteiger partial charge in [0.2, 0.25) is 0 Å². The maximum atomic E-state index is 12.9. The van der Waals surface area contributed by atoms with Gasteiger partial charge < -0.3 is 14.4 Å². The quantitative estimate of drug-likeness (QED) is 0.242. The zero-order valence-electron chi connectivity index (χ0n) is 19.1. The summed E-state index contributed by atoms with van der Waals surface area (Å²) in [5.74, 6) is 0. The number of anilines is 1. The fraction of sp³-hybridized carbons (Fsp3) is 0.654. The third kappa shape index (κ3) is 7.46. The number of rotatable bonds is 16. The van der Waals surface area contributed by atoms with Gasteiger partial charge in [0.25, 0.3) is 0 Å². The third-order valence-electron chi connectivity index (χ3n) is 5.93. The van der Waals surface area contributed by atoms with Crippen LogP contribution in [0.1, 0.15) is 96.5 Å². The highest BCUT2D eigenvalue weighted by Gasteiger charge is 2.19. The molecule has 0 saturated carbocycles. The molecule has 0 radical (unpaired) electrons. The topological polar surface area (TPSA) is 53.7 Å². The fourth-order valence-electron chi connectivity index (χ4n) is 4.19. The summed E-state index contributed by atoms with van der Waals surface area (Å²) in [7, 11) is 0. The molecule has 0 saturated heterocycles. The number of hydrogen-bond donors (Lipinski definition) is 1. The average Bonchev–Trinajstić information content (AvgIpc) is 2.76. The molecule has 4 heteroatoms. The highest BCUT2D eigenvalue weighted by Crippen LogP contribution is 2.26. The second-order valence-electron chi connectivity index (χ2n) is 8.39. The summed E-state index contributed by atoms with van der Waals surface area (Å²) in [5.41, 5.74) is 1.50. The molecule has 0 aliphatic carbocycles. The highest BCUT2D eigenvalue weighted by molar-refractivity contribution is 5.84. The van der Waals surface area contributed by atoms with Crippen LogP contribution in [0.2, 0.25) is 0 Å². The second kappa shape index (κ2) is 14.2. The largest absolute Gasteiger partial charge is 0.421 e. The van der Waals surface area contributed by atoms with E-state index in [0.717, 1.165) is 31.3 Å². The van der Waals surface area contributed by atoms with E-state index in [1.807, 2.05) is 18.2 Å². The summed E-state index contributed by atoms with van der Waals surface area (Å²) in [5, 5.41) is 11.0. The average molecular weight is 416 g/mol. The lowest BCUT2D eigenvalue weighted by Crippen LogP contribution is -2.31. The van der Waals surface area contributed by atoms with Gasteiger partial charge in [-0.1, -0.05) is 96.3 Å². The van der Waals surface area contributed by atoms with Crippen LogP contribution in [0.15, 0.2) is 33.5 Å². The minimum absolute atomic E-state index is 0.148. The Morgan fingerprint density at radius 1 is 0.800 bits per heavy atom. The van der Waals surface area contributed by atoms with Gasteiger partial charge >= 0.3 is 5.63 Å². The molecular weight excluding hydrogens is 374 g/mol. The molecular formula is C26H41NO3. The standard InChI is InChI=1S/C26H41NO3/c1-3-5-7-9-11-15-19-27(20-16-12-10-8-6-4-2)25-23(21-28)22-17-13-14-18-24(22)30-26(25)29/h13-14,17-18,28H,3-12,15-16,19-21H2,1-2H3. The van der Waals surface area contributed by atoms with E-state index in [0.29, 0.717) is 16.8 Å². The Morgan fingerprint density at radius 3 is 1.90 bits per heavy atom. The van der Waals surface area contributed by atoms with E-state index in [-0.39, 0.29) is 12.2 Å². The maximum Gasteiger partial charge on any atom is 0.360 e. The van der Waals surface area contributed by atoms with Crippen molar-refractivity contribution in [1.82, 2.24) is 0 Å². The first kappa shape index (κ1) is 24.5. The molecule has 4 nitrogen and oxygen atoms in total. The van der Waals surface area contributed by atoms with Crippen LogP contribution in [0.4, 0.5) is 5.69 Å². The van der Waals surface area contributed by atoms with Gasteiger partial charge in [-0.3, -0.25) is 0 Å². The molecule has 1 aromatic heterocycles.